The number of likely N-dealkylation sites (tertiary alicyclic amines) is 1. The van der Waals surface area contributed by atoms with Crippen LogP contribution in [0.2, 0.25) is 0 Å². The fourth-order valence-electron chi connectivity index (χ4n) is 5.94. The number of esters is 1. The van der Waals surface area contributed by atoms with Crippen LogP contribution in [0.25, 0.3) is 10.9 Å². The summed E-state index contributed by atoms with van der Waals surface area (Å²) in [6.07, 6.45) is 9.03. The van der Waals surface area contributed by atoms with Crippen molar-refractivity contribution in [3.8, 4) is 0 Å². The lowest BCUT2D eigenvalue weighted by Gasteiger charge is -2.45. The number of nitrogens with zero attached hydrogens (tertiary/aromatic N) is 2. The first-order valence-corrected chi connectivity index (χ1v) is 11.1. The van der Waals surface area contributed by atoms with Crippen molar-refractivity contribution in [2.24, 2.45) is 5.92 Å². The molecule has 4 heteroatoms. The third kappa shape index (κ3) is 2.88. The fraction of sp³-hybridized carbons (Fsp3) is 0.625. The number of piperidine rings is 1. The Hall–Kier alpha value is -1.81. The Kier molecular flexibility index (Phi) is 4.50. The van der Waals surface area contributed by atoms with E-state index < -0.39 is 0 Å². The van der Waals surface area contributed by atoms with Crippen LogP contribution in [0.1, 0.15) is 69.0 Å². The highest BCUT2D eigenvalue weighted by Gasteiger charge is 2.42. The van der Waals surface area contributed by atoms with E-state index in [-0.39, 0.29) is 18.0 Å². The van der Waals surface area contributed by atoms with Gasteiger partial charge in [-0.1, -0.05) is 12.1 Å². The van der Waals surface area contributed by atoms with Gasteiger partial charge >= 0.3 is 5.97 Å². The lowest BCUT2D eigenvalue weighted by atomic mass is 9.72. The zero-order valence-corrected chi connectivity index (χ0v) is 17.4. The highest BCUT2D eigenvalue weighted by Crippen LogP contribution is 2.45. The SMILES string of the molecule is CC(C)n1cc2c3c(cccc31)C1C[C@@H](C(=O)OC3CCCC3)CN(C)C1C2. The van der Waals surface area contributed by atoms with Crippen LogP contribution in [0.5, 0.6) is 0 Å². The molecular formula is C24H32N2O2. The van der Waals surface area contributed by atoms with Gasteiger partial charge in [-0.25, -0.2) is 0 Å². The first-order chi connectivity index (χ1) is 13.5. The van der Waals surface area contributed by atoms with Gasteiger partial charge in [0.25, 0.3) is 0 Å². The third-order valence-electron chi connectivity index (χ3n) is 7.35. The summed E-state index contributed by atoms with van der Waals surface area (Å²) in [7, 11) is 2.19. The Morgan fingerprint density at radius 2 is 2.00 bits per heavy atom. The van der Waals surface area contributed by atoms with Crippen LogP contribution in [0.4, 0.5) is 0 Å². The molecule has 1 aromatic carbocycles. The summed E-state index contributed by atoms with van der Waals surface area (Å²) in [5.74, 6) is 0.449. The molecule has 2 aliphatic carbocycles. The Morgan fingerprint density at radius 3 is 2.75 bits per heavy atom. The number of aromatic nitrogens is 1. The average Bonchev–Trinajstić information content (AvgIpc) is 3.31. The van der Waals surface area contributed by atoms with Crippen molar-refractivity contribution in [1.82, 2.24) is 9.47 Å². The highest BCUT2D eigenvalue weighted by atomic mass is 16.5. The molecule has 2 heterocycles. The maximum atomic E-state index is 12.9. The molecule has 150 valence electrons. The molecule has 2 fully saturated rings. The second kappa shape index (κ2) is 6.91. The maximum Gasteiger partial charge on any atom is 0.310 e. The molecule has 1 aromatic heterocycles. The topological polar surface area (TPSA) is 34.5 Å². The molecule has 1 saturated carbocycles. The lowest BCUT2D eigenvalue weighted by Crippen LogP contribution is -2.50. The number of hydrogen-bond donors (Lipinski definition) is 0. The van der Waals surface area contributed by atoms with Gasteiger partial charge in [0.1, 0.15) is 6.10 Å². The van der Waals surface area contributed by atoms with E-state index in [2.05, 4.69) is 54.8 Å². The number of likely N-dealkylation sites (N-methyl/N-ethyl adjacent to an activating group) is 1. The molecule has 2 unspecified atom stereocenters. The van der Waals surface area contributed by atoms with Gasteiger partial charge in [-0.3, -0.25) is 4.79 Å². The molecule has 0 N–H and O–H groups in total. The molecule has 3 aliphatic rings. The minimum atomic E-state index is -0.00385. The number of hydrogen-bond acceptors (Lipinski definition) is 3. The molecular weight excluding hydrogens is 348 g/mol. The van der Waals surface area contributed by atoms with Crippen LogP contribution in [-0.2, 0) is 16.0 Å². The smallest absolute Gasteiger partial charge is 0.310 e. The van der Waals surface area contributed by atoms with E-state index in [9.17, 15) is 4.79 Å². The van der Waals surface area contributed by atoms with Gasteiger partial charge in [-0.05, 0) is 76.6 Å². The van der Waals surface area contributed by atoms with Crippen molar-refractivity contribution in [3.05, 3.63) is 35.5 Å². The molecule has 5 rings (SSSR count). The van der Waals surface area contributed by atoms with Crippen molar-refractivity contribution >= 4 is 16.9 Å². The predicted molar refractivity (Wildman–Crippen MR) is 112 cm³/mol. The summed E-state index contributed by atoms with van der Waals surface area (Å²) < 4.78 is 8.30. The second-order valence-electron chi connectivity index (χ2n) is 9.49. The molecule has 1 saturated heterocycles. The Bertz CT molecular complexity index is 893. The van der Waals surface area contributed by atoms with Crippen LogP contribution in [0.3, 0.4) is 0 Å². The second-order valence-corrected chi connectivity index (χ2v) is 9.49. The van der Waals surface area contributed by atoms with E-state index >= 15 is 0 Å². The number of benzene rings is 1. The quantitative estimate of drug-likeness (QED) is 0.726. The zero-order chi connectivity index (χ0) is 19.4. The number of fused-ring (bicyclic) bond motifs is 2. The van der Waals surface area contributed by atoms with Gasteiger partial charge in [0.05, 0.1) is 5.92 Å². The minimum absolute atomic E-state index is 0.00385. The van der Waals surface area contributed by atoms with E-state index in [1.165, 1.54) is 34.9 Å². The van der Waals surface area contributed by atoms with E-state index in [0.29, 0.717) is 18.0 Å². The number of ether oxygens (including phenoxy) is 1. The van der Waals surface area contributed by atoms with Crippen LogP contribution in [0.15, 0.2) is 24.4 Å². The lowest BCUT2D eigenvalue weighted by molar-refractivity contribution is -0.156. The van der Waals surface area contributed by atoms with Crippen molar-refractivity contribution in [1.29, 1.82) is 0 Å². The molecule has 1 aliphatic heterocycles. The van der Waals surface area contributed by atoms with E-state index in [1.807, 2.05) is 0 Å². The number of rotatable bonds is 3. The summed E-state index contributed by atoms with van der Waals surface area (Å²) in [4.78, 5) is 15.3. The van der Waals surface area contributed by atoms with Crippen LogP contribution in [0, 0.1) is 5.92 Å². The van der Waals surface area contributed by atoms with E-state index in [4.69, 9.17) is 4.74 Å². The molecule has 0 radical (unpaired) electrons. The zero-order valence-electron chi connectivity index (χ0n) is 17.4. The summed E-state index contributed by atoms with van der Waals surface area (Å²) in [5.41, 5.74) is 4.26. The fourth-order valence-corrected chi connectivity index (χ4v) is 5.94. The molecule has 0 bridgehead atoms. The highest BCUT2D eigenvalue weighted by molar-refractivity contribution is 5.89. The first kappa shape index (κ1) is 18.2. The third-order valence-corrected chi connectivity index (χ3v) is 7.35. The normalized spacial score (nSPS) is 28.1. The maximum absolute atomic E-state index is 12.9. The molecule has 3 atom stereocenters. The van der Waals surface area contributed by atoms with Gasteiger partial charge in [0, 0.05) is 41.6 Å². The Balaban J connectivity index is 1.46. The van der Waals surface area contributed by atoms with E-state index in [0.717, 1.165) is 32.2 Å². The molecule has 0 amide bonds. The minimum Gasteiger partial charge on any atom is -0.462 e. The summed E-state index contributed by atoms with van der Waals surface area (Å²) >= 11 is 0. The summed E-state index contributed by atoms with van der Waals surface area (Å²) in [6.45, 7) is 5.33. The number of carbonyl (C=O) groups excluding carboxylic acids is 1. The van der Waals surface area contributed by atoms with E-state index in [1.54, 1.807) is 0 Å². The molecule has 2 aromatic rings. The molecule has 28 heavy (non-hydrogen) atoms. The van der Waals surface area contributed by atoms with Gasteiger partial charge in [-0.15, -0.1) is 0 Å². The van der Waals surface area contributed by atoms with Crippen LogP contribution >= 0.6 is 0 Å². The predicted octanol–water partition coefficient (Wildman–Crippen LogP) is 4.67. The monoisotopic (exact) mass is 380 g/mol. The molecule has 4 nitrogen and oxygen atoms in total. The largest absolute Gasteiger partial charge is 0.462 e. The van der Waals surface area contributed by atoms with Crippen molar-refractivity contribution in [2.45, 2.75) is 76.5 Å². The standard InChI is InChI=1S/C24H32N2O2/c1-15(2)26-14-16-12-22-20(19-9-6-10-21(26)23(16)19)11-17(13-25(22)3)24(27)28-18-7-4-5-8-18/h6,9-10,14-15,17-18,20,22H,4-5,7-8,11-13H2,1-3H3/t17-,20?,22?/m1/s1. The van der Waals surface area contributed by atoms with Gasteiger partial charge in [-0.2, -0.15) is 0 Å². The van der Waals surface area contributed by atoms with Crippen molar-refractivity contribution in [3.63, 3.8) is 0 Å². The van der Waals surface area contributed by atoms with Gasteiger partial charge in [0.2, 0.25) is 0 Å². The van der Waals surface area contributed by atoms with Gasteiger partial charge < -0.3 is 14.2 Å². The van der Waals surface area contributed by atoms with Crippen molar-refractivity contribution < 1.29 is 9.53 Å². The Morgan fingerprint density at radius 1 is 1.21 bits per heavy atom. The van der Waals surface area contributed by atoms with Crippen molar-refractivity contribution in [2.75, 3.05) is 13.6 Å². The first-order valence-electron chi connectivity index (χ1n) is 11.1. The average molecular weight is 381 g/mol. The molecule has 0 spiro atoms. The Labute approximate surface area is 167 Å². The summed E-state index contributed by atoms with van der Waals surface area (Å²) in [6, 6.07) is 7.69. The van der Waals surface area contributed by atoms with Gasteiger partial charge in [0.15, 0.2) is 0 Å². The summed E-state index contributed by atoms with van der Waals surface area (Å²) in [5, 5.41) is 1.44. The van der Waals surface area contributed by atoms with Crippen LogP contribution in [-0.4, -0.2) is 41.2 Å². The van der Waals surface area contributed by atoms with Crippen LogP contribution < -0.4 is 0 Å². The number of carbonyl (C=O) groups is 1.